The lowest BCUT2D eigenvalue weighted by Crippen LogP contribution is -3.15. The van der Waals surface area contributed by atoms with Gasteiger partial charge in [0.15, 0.2) is 5.16 Å². The average molecular weight is 399 g/mol. The quantitative estimate of drug-likeness (QED) is 0.561. The van der Waals surface area contributed by atoms with E-state index >= 15 is 0 Å². The van der Waals surface area contributed by atoms with Gasteiger partial charge >= 0.3 is 0 Å². The molecule has 26 heavy (non-hydrogen) atoms. The van der Waals surface area contributed by atoms with E-state index in [1.54, 1.807) is 22.8 Å². The Hall–Kier alpha value is -1.12. The predicted molar refractivity (Wildman–Crippen MR) is 105 cm³/mol. The second-order valence-corrected chi connectivity index (χ2v) is 8.28. The Balaban J connectivity index is 1.79. The number of thioether (sulfide) groups is 1. The van der Waals surface area contributed by atoms with E-state index in [4.69, 9.17) is 16.3 Å². The Morgan fingerprint density at radius 3 is 2.81 bits per heavy atom. The van der Waals surface area contributed by atoms with Crippen LogP contribution < -0.4 is 10.5 Å². The van der Waals surface area contributed by atoms with Crippen LogP contribution in [0.5, 0.6) is 0 Å². The molecule has 1 saturated heterocycles. The van der Waals surface area contributed by atoms with Crippen molar-refractivity contribution in [2.24, 2.45) is 0 Å². The van der Waals surface area contributed by atoms with Crippen molar-refractivity contribution in [2.45, 2.75) is 31.1 Å². The summed E-state index contributed by atoms with van der Waals surface area (Å²) in [4.78, 5) is 18.8. The van der Waals surface area contributed by atoms with Crippen molar-refractivity contribution in [3.63, 3.8) is 0 Å². The van der Waals surface area contributed by atoms with E-state index in [-0.39, 0.29) is 11.6 Å². The Labute approximate surface area is 162 Å². The summed E-state index contributed by atoms with van der Waals surface area (Å²) in [5.74, 6) is 0.496. The molecule has 1 aliphatic heterocycles. The SMILES string of the molecule is CC(C)n1c(SC[C@H](O)C[NH+]2CCOCC2)nc2cc(Cl)ccc2c1=O. The van der Waals surface area contributed by atoms with Gasteiger partial charge in [0.2, 0.25) is 0 Å². The highest BCUT2D eigenvalue weighted by atomic mass is 35.5. The smallest absolute Gasteiger partial charge is 0.262 e. The van der Waals surface area contributed by atoms with Crippen LogP contribution in [0, 0.1) is 0 Å². The molecule has 0 unspecified atom stereocenters. The van der Waals surface area contributed by atoms with E-state index in [9.17, 15) is 9.90 Å². The monoisotopic (exact) mass is 398 g/mol. The molecule has 1 atom stereocenters. The van der Waals surface area contributed by atoms with Crippen molar-refractivity contribution in [1.29, 1.82) is 0 Å². The third-order valence-electron chi connectivity index (χ3n) is 4.48. The van der Waals surface area contributed by atoms with Crippen molar-refractivity contribution >= 4 is 34.3 Å². The van der Waals surface area contributed by atoms with Gasteiger partial charge in [-0.15, -0.1) is 0 Å². The summed E-state index contributed by atoms with van der Waals surface area (Å²) in [5.41, 5.74) is 0.521. The van der Waals surface area contributed by atoms with Gasteiger partial charge in [-0.3, -0.25) is 9.36 Å². The molecule has 0 saturated carbocycles. The molecule has 0 aliphatic carbocycles. The normalized spacial score (nSPS) is 17.1. The fourth-order valence-electron chi connectivity index (χ4n) is 3.14. The molecule has 0 bridgehead atoms. The lowest BCUT2D eigenvalue weighted by Gasteiger charge is -2.25. The number of hydrogen-bond donors (Lipinski definition) is 2. The lowest BCUT2D eigenvalue weighted by atomic mass is 10.2. The molecule has 0 radical (unpaired) electrons. The molecule has 142 valence electrons. The summed E-state index contributed by atoms with van der Waals surface area (Å²) < 4.78 is 7.04. The van der Waals surface area contributed by atoms with Crippen LogP contribution in [-0.4, -0.2) is 59.4 Å². The number of rotatable bonds is 6. The van der Waals surface area contributed by atoms with Gasteiger partial charge in [0.05, 0.1) is 24.1 Å². The van der Waals surface area contributed by atoms with Gasteiger partial charge in [-0.2, -0.15) is 0 Å². The molecular weight excluding hydrogens is 374 g/mol. The van der Waals surface area contributed by atoms with E-state index in [2.05, 4.69) is 4.98 Å². The Morgan fingerprint density at radius 1 is 1.38 bits per heavy atom. The maximum Gasteiger partial charge on any atom is 0.262 e. The van der Waals surface area contributed by atoms with Gasteiger partial charge in [0.25, 0.3) is 5.56 Å². The first kappa shape index (κ1) is 19.6. The summed E-state index contributed by atoms with van der Waals surface area (Å²) in [5, 5.41) is 12.1. The molecule has 1 aliphatic rings. The summed E-state index contributed by atoms with van der Waals surface area (Å²) in [6.07, 6.45) is -0.458. The largest absolute Gasteiger partial charge is 0.386 e. The number of ether oxygens (including phenoxy) is 1. The summed E-state index contributed by atoms with van der Waals surface area (Å²) in [6.45, 7) is 7.94. The number of fused-ring (bicyclic) bond motifs is 1. The molecular formula is C18H25ClN3O3S+. The van der Waals surface area contributed by atoms with E-state index < -0.39 is 6.10 Å². The number of hydrogen-bond acceptors (Lipinski definition) is 5. The summed E-state index contributed by atoms with van der Waals surface area (Å²) in [7, 11) is 0. The molecule has 0 spiro atoms. The minimum absolute atomic E-state index is 0.0143. The van der Waals surface area contributed by atoms with Crippen LogP contribution in [0.1, 0.15) is 19.9 Å². The number of nitrogens with zero attached hydrogens (tertiary/aromatic N) is 2. The highest BCUT2D eigenvalue weighted by molar-refractivity contribution is 7.99. The number of aromatic nitrogens is 2. The maximum atomic E-state index is 12.8. The highest BCUT2D eigenvalue weighted by Crippen LogP contribution is 2.23. The third kappa shape index (κ3) is 4.58. The van der Waals surface area contributed by atoms with E-state index in [1.807, 2.05) is 13.8 Å². The molecule has 2 heterocycles. The van der Waals surface area contributed by atoms with Crippen LogP contribution in [-0.2, 0) is 4.74 Å². The fraction of sp³-hybridized carbons (Fsp3) is 0.556. The van der Waals surface area contributed by atoms with E-state index in [1.165, 1.54) is 16.7 Å². The fourth-order valence-corrected chi connectivity index (χ4v) is 4.36. The van der Waals surface area contributed by atoms with Gasteiger partial charge in [0, 0.05) is 16.8 Å². The predicted octanol–water partition coefficient (Wildman–Crippen LogP) is 0.999. The minimum Gasteiger partial charge on any atom is -0.386 e. The van der Waals surface area contributed by atoms with Crippen LogP contribution in [0.3, 0.4) is 0 Å². The zero-order valence-corrected chi connectivity index (χ0v) is 16.6. The van der Waals surface area contributed by atoms with Crippen LogP contribution in [0.4, 0.5) is 0 Å². The van der Waals surface area contributed by atoms with Gasteiger partial charge in [-0.05, 0) is 32.0 Å². The average Bonchev–Trinajstić information content (AvgIpc) is 2.60. The number of morpholine rings is 1. The summed E-state index contributed by atoms with van der Waals surface area (Å²) >= 11 is 7.47. The zero-order valence-electron chi connectivity index (χ0n) is 15.1. The molecule has 8 heteroatoms. The standard InChI is InChI=1S/C18H24ClN3O3S/c1-12(2)22-17(24)15-4-3-13(19)9-16(15)20-18(22)26-11-14(23)10-21-5-7-25-8-6-21/h3-4,9,12,14,23H,5-8,10-11H2,1-2H3/p+1/t14-/m1/s1. The number of quaternary nitrogens is 1. The highest BCUT2D eigenvalue weighted by Gasteiger charge is 2.20. The number of aliphatic hydroxyl groups is 1. The molecule has 2 N–H and O–H groups in total. The van der Waals surface area contributed by atoms with Crippen LogP contribution in [0.15, 0.2) is 28.2 Å². The van der Waals surface area contributed by atoms with Crippen LogP contribution in [0.2, 0.25) is 5.02 Å². The van der Waals surface area contributed by atoms with E-state index in [0.29, 0.717) is 33.4 Å². The molecule has 3 rings (SSSR count). The second-order valence-electron chi connectivity index (χ2n) is 6.86. The van der Waals surface area contributed by atoms with Crippen LogP contribution >= 0.6 is 23.4 Å². The number of halogens is 1. The lowest BCUT2D eigenvalue weighted by molar-refractivity contribution is -0.910. The molecule has 6 nitrogen and oxygen atoms in total. The first-order valence-electron chi connectivity index (χ1n) is 8.89. The van der Waals surface area contributed by atoms with Crippen molar-refractivity contribution < 1.29 is 14.7 Å². The van der Waals surface area contributed by atoms with Gasteiger partial charge in [-0.1, -0.05) is 23.4 Å². The van der Waals surface area contributed by atoms with E-state index in [0.717, 1.165) is 26.3 Å². The first-order chi connectivity index (χ1) is 12.5. The van der Waals surface area contributed by atoms with Crippen molar-refractivity contribution in [3.8, 4) is 0 Å². The Bertz CT molecular complexity index is 821. The Morgan fingerprint density at radius 2 is 2.12 bits per heavy atom. The first-order valence-corrected chi connectivity index (χ1v) is 10.3. The number of aliphatic hydroxyl groups excluding tert-OH is 1. The molecule has 1 fully saturated rings. The summed E-state index contributed by atoms with van der Waals surface area (Å²) in [6, 6.07) is 5.12. The maximum absolute atomic E-state index is 12.8. The van der Waals surface area contributed by atoms with Crippen molar-refractivity contribution in [3.05, 3.63) is 33.6 Å². The Kier molecular flexibility index (Phi) is 6.58. The third-order valence-corrected chi connectivity index (χ3v) is 5.81. The van der Waals surface area contributed by atoms with Crippen molar-refractivity contribution in [2.75, 3.05) is 38.6 Å². The van der Waals surface area contributed by atoms with Gasteiger partial charge < -0.3 is 14.7 Å². The van der Waals surface area contributed by atoms with Gasteiger partial charge in [-0.25, -0.2) is 4.98 Å². The second kappa shape index (κ2) is 8.71. The zero-order chi connectivity index (χ0) is 18.7. The number of benzene rings is 1. The molecule has 2 aromatic rings. The van der Waals surface area contributed by atoms with Crippen molar-refractivity contribution in [1.82, 2.24) is 9.55 Å². The molecule has 0 amide bonds. The number of nitrogens with one attached hydrogen (secondary N) is 1. The molecule has 1 aromatic carbocycles. The van der Waals surface area contributed by atoms with Crippen LogP contribution in [0.25, 0.3) is 10.9 Å². The minimum atomic E-state index is -0.458. The van der Waals surface area contributed by atoms with Gasteiger partial charge in [0.1, 0.15) is 25.7 Å². The topological polar surface area (TPSA) is 68.8 Å². The molecule has 1 aromatic heterocycles.